The highest BCUT2D eigenvalue weighted by Gasteiger charge is 2.20. The highest BCUT2D eigenvalue weighted by Crippen LogP contribution is 2.38. The molecule has 0 radical (unpaired) electrons. The highest BCUT2D eigenvalue weighted by atomic mass is 35.5. The molecule has 1 aromatic heterocycles. The Kier molecular flexibility index (Phi) is 6.91. The van der Waals surface area contributed by atoms with E-state index >= 15 is 0 Å². The number of nitrogens with one attached hydrogen (secondary N) is 3. The number of rotatable bonds is 6. The Balaban J connectivity index is 1.82. The number of carbonyl (C=O) groups is 1. The molecule has 4 rings (SSSR count). The van der Waals surface area contributed by atoms with Crippen LogP contribution in [0.25, 0.3) is 22.0 Å². The van der Waals surface area contributed by atoms with Crippen LogP contribution in [0.3, 0.4) is 0 Å². The van der Waals surface area contributed by atoms with Crippen molar-refractivity contribution in [1.29, 1.82) is 0 Å². The number of nitrogens with two attached hydrogens (primary N) is 1. The molecule has 8 heteroatoms. The topological polar surface area (TPSA) is 109 Å². The maximum atomic E-state index is 13.2. The minimum atomic E-state index is -0.721. The maximum Gasteiger partial charge on any atom is 0.316 e. The van der Waals surface area contributed by atoms with Crippen LogP contribution in [-0.2, 0) is 0 Å². The fourth-order valence-corrected chi connectivity index (χ4v) is 4.51. The average Bonchev–Trinajstić information content (AvgIpc) is 2.77. The van der Waals surface area contributed by atoms with Crippen LogP contribution in [0.5, 0.6) is 5.75 Å². The number of primary amides is 1. The minimum absolute atomic E-state index is 0.261. The van der Waals surface area contributed by atoms with Crippen molar-refractivity contribution in [3.05, 3.63) is 56.8 Å². The van der Waals surface area contributed by atoms with E-state index in [4.69, 9.17) is 22.1 Å². The number of fused-ring (bicyclic) bond motifs is 1. The molecule has 1 unspecified atom stereocenters. The van der Waals surface area contributed by atoms with Crippen LogP contribution in [0, 0.1) is 13.8 Å². The van der Waals surface area contributed by atoms with Crippen molar-refractivity contribution in [2.45, 2.75) is 45.6 Å². The summed E-state index contributed by atoms with van der Waals surface area (Å²) < 4.78 is 6.31. The number of halogens is 1. The summed E-state index contributed by atoms with van der Waals surface area (Å²) in [5.74, 6) is 0.469. The van der Waals surface area contributed by atoms with Crippen molar-refractivity contribution >= 4 is 34.2 Å². The number of aromatic nitrogens is 1. The molecular formula is C25H29ClN4O3. The number of anilines is 1. The van der Waals surface area contributed by atoms with Gasteiger partial charge in [0.2, 0.25) is 0 Å². The SMILES string of the molecule is Cc1ccc(-c2c(OCCC3CCCCN3)c3cc(NC(N)=O)c(Cl)cc3[nH]c2=O)cc1C. The van der Waals surface area contributed by atoms with Crippen molar-refractivity contribution in [2.75, 3.05) is 18.5 Å². The van der Waals surface area contributed by atoms with Crippen molar-refractivity contribution in [3.8, 4) is 16.9 Å². The number of aromatic amines is 1. The number of amides is 2. The van der Waals surface area contributed by atoms with Crippen molar-refractivity contribution < 1.29 is 9.53 Å². The molecule has 0 spiro atoms. The summed E-state index contributed by atoms with van der Waals surface area (Å²) in [5.41, 5.74) is 9.37. The van der Waals surface area contributed by atoms with Gasteiger partial charge in [0.05, 0.1) is 28.4 Å². The van der Waals surface area contributed by atoms with Crippen LogP contribution in [0.4, 0.5) is 10.5 Å². The molecule has 2 amide bonds. The summed E-state index contributed by atoms with van der Waals surface area (Å²) in [4.78, 5) is 27.6. The summed E-state index contributed by atoms with van der Waals surface area (Å²) in [7, 11) is 0. The zero-order valence-electron chi connectivity index (χ0n) is 18.9. The number of H-pyrrole nitrogens is 1. The number of hydrogen-bond donors (Lipinski definition) is 4. The average molecular weight is 469 g/mol. The molecule has 0 aliphatic carbocycles. The summed E-state index contributed by atoms with van der Waals surface area (Å²) in [6, 6.07) is 8.87. The Morgan fingerprint density at radius 3 is 2.73 bits per heavy atom. The molecule has 1 aliphatic rings. The Bertz CT molecular complexity index is 1250. The number of carbonyl (C=O) groups excluding carboxylic acids is 1. The van der Waals surface area contributed by atoms with Gasteiger partial charge in [-0.3, -0.25) is 4.79 Å². The van der Waals surface area contributed by atoms with Crippen LogP contribution in [0.2, 0.25) is 5.02 Å². The molecule has 174 valence electrons. The third kappa shape index (κ3) is 5.15. The number of aryl methyl sites for hydroxylation is 2. The van der Waals surface area contributed by atoms with Gasteiger partial charge in [0.25, 0.3) is 5.56 Å². The number of urea groups is 1. The molecule has 1 saturated heterocycles. The second-order valence-corrected chi connectivity index (χ2v) is 9.02. The zero-order chi connectivity index (χ0) is 23.5. The monoisotopic (exact) mass is 468 g/mol. The van der Waals surface area contributed by atoms with E-state index in [0.717, 1.165) is 36.1 Å². The van der Waals surface area contributed by atoms with Gasteiger partial charge in [0.1, 0.15) is 5.75 Å². The molecule has 2 aromatic carbocycles. The molecule has 5 N–H and O–H groups in total. The third-order valence-corrected chi connectivity index (χ3v) is 6.55. The number of hydrogen-bond acceptors (Lipinski definition) is 4. The summed E-state index contributed by atoms with van der Waals surface area (Å²) in [6.07, 6.45) is 4.36. The lowest BCUT2D eigenvalue weighted by Crippen LogP contribution is -2.35. The predicted molar refractivity (Wildman–Crippen MR) is 133 cm³/mol. The summed E-state index contributed by atoms with van der Waals surface area (Å²) in [5, 5.41) is 6.98. The summed E-state index contributed by atoms with van der Waals surface area (Å²) >= 11 is 6.31. The first-order valence-corrected chi connectivity index (χ1v) is 11.6. The first-order valence-electron chi connectivity index (χ1n) is 11.2. The van der Waals surface area contributed by atoms with Crippen LogP contribution >= 0.6 is 11.6 Å². The van der Waals surface area contributed by atoms with Crippen molar-refractivity contribution in [2.24, 2.45) is 5.73 Å². The fraction of sp³-hybridized carbons (Fsp3) is 0.360. The molecular weight excluding hydrogens is 440 g/mol. The normalized spacial score (nSPS) is 16.0. The molecule has 3 aromatic rings. The molecule has 0 saturated carbocycles. The van der Waals surface area contributed by atoms with E-state index in [0.29, 0.717) is 40.6 Å². The van der Waals surface area contributed by atoms with Crippen LogP contribution < -0.4 is 26.7 Å². The maximum absolute atomic E-state index is 13.2. The van der Waals surface area contributed by atoms with Gasteiger partial charge in [0, 0.05) is 11.4 Å². The van der Waals surface area contributed by atoms with Gasteiger partial charge in [-0.05, 0) is 68.5 Å². The van der Waals surface area contributed by atoms with Gasteiger partial charge in [-0.2, -0.15) is 0 Å². The Hall–Kier alpha value is -3.03. The van der Waals surface area contributed by atoms with Crippen LogP contribution in [-0.4, -0.2) is 30.2 Å². The van der Waals surface area contributed by atoms with Crippen molar-refractivity contribution in [3.63, 3.8) is 0 Å². The van der Waals surface area contributed by atoms with E-state index in [1.807, 2.05) is 32.0 Å². The largest absolute Gasteiger partial charge is 0.492 e. The first-order chi connectivity index (χ1) is 15.8. The number of pyridine rings is 1. The first kappa shape index (κ1) is 23.1. The molecule has 2 heterocycles. The Morgan fingerprint density at radius 1 is 1.21 bits per heavy atom. The van der Waals surface area contributed by atoms with E-state index < -0.39 is 6.03 Å². The van der Waals surface area contributed by atoms with Gasteiger partial charge in [-0.1, -0.05) is 36.2 Å². The molecule has 33 heavy (non-hydrogen) atoms. The van der Waals surface area contributed by atoms with Crippen molar-refractivity contribution in [1.82, 2.24) is 10.3 Å². The Labute approximate surface area is 197 Å². The van der Waals surface area contributed by atoms with E-state index in [1.54, 1.807) is 12.1 Å². The summed E-state index contributed by atoms with van der Waals surface area (Å²) in [6.45, 7) is 5.52. The highest BCUT2D eigenvalue weighted by molar-refractivity contribution is 6.34. The second kappa shape index (κ2) is 9.85. The quantitative estimate of drug-likeness (QED) is 0.413. The van der Waals surface area contributed by atoms with Crippen LogP contribution in [0.1, 0.15) is 36.8 Å². The lowest BCUT2D eigenvalue weighted by Gasteiger charge is -2.24. The molecule has 1 fully saturated rings. The lowest BCUT2D eigenvalue weighted by atomic mass is 9.99. The van der Waals surface area contributed by atoms with E-state index in [9.17, 15) is 9.59 Å². The number of ether oxygens (including phenoxy) is 1. The van der Waals surface area contributed by atoms with Gasteiger partial charge in [0.15, 0.2) is 0 Å². The van der Waals surface area contributed by atoms with Gasteiger partial charge in [-0.15, -0.1) is 0 Å². The van der Waals surface area contributed by atoms with Gasteiger partial charge < -0.3 is 26.1 Å². The molecule has 1 atom stereocenters. The number of benzene rings is 2. The van der Waals surface area contributed by atoms with Crippen LogP contribution in [0.15, 0.2) is 35.1 Å². The molecule has 1 aliphatic heterocycles. The standard InChI is InChI=1S/C25H29ClN4O3/c1-14-6-7-16(11-15(14)2)22-23(33-10-8-17-5-3-4-9-28-17)18-12-21(30-25(27)32)19(26)13-20(18)29-24(22)31/h6-7,11-13,17,28H,3-5,8-10H2,1-2H3,(H,29,31)(H3,27,30,32). The molecule has 0 bridgehead atoms. The minimum Gasteiger partial charge on any atom is -0.492 e. The number of piperidine rings is 1. The third-order valence-electron chi connectivity index (χ3n) is 6.23. The van der Waals surface area contributed by atoms with Gasteiger partial charge >= 0.3 is 6.03 Å². The lowest BCUT2D eigenvalue weighted by molar-refractivity contribution is 0.259. The van der Waals surface area contributed by atoms with E-state index in [-0.39, 0.29) is 10.6 Å². The van der Waals surface area contributed by atoms with E-state index in [1.165, 1.54) is 12.8 Å². The van der Waals surface area contributed by atoms with E-state index in [2.05, 4.69) is 15.6 Å². The molecule has 7 nitrogen and oxygen atoms in total. The van der Waals surface area contributed by atoms with Gasteiger partial charge in [-0.25, -0.2) is 4.79 Å². The fourth-order valence-electron chi connectivity index (χ4n) is 4.30. The Morgan fingerprint density at radius 2 is 2.03 bits per heavy atom. The zero-order valence-corrected chi connectivity index (χ0v) is 19.6. The smallest absolute Gasteiger partial charge is 0.316 e. The predicted octanol–water partition coefficient (Wildman–Crippen LogP) is 4.87. The second-order valence-electron chi connectivity index (χ2n) is 8.61.